The van der Waals surface area contributed by atoms with Crippen LogP contribution in [0.25, 0.3) is 10.9 Å². The molecule has 0 saturated heterocycles. The smallest absolute Gasteiger partial charge is 0.311 e. The number of nitro groups is 1. The van der Waals surface area contributed by atoms with Crippen LogP contribution in [0.5, 0.6) is 0 Å². The number of aromatic nitrogens is 1. The fourth-order valence-corrected chi connectivity index (χ4v) is 2.96. The zero-order chi connectivity index (χ0) is 20.9. The molecule has 7 heteroatoms. The van der Waals surface area contributed by atoms with Crippen molar-refractivity contribution in [1.29, 1.82) is 5.26 Å². The van der Waals surface area contributed by atoms with E-state index in [1.165, 1.54) is 6.20 Å². The van der Waals surface area contributed by atoms with Gasteiger partial charge >= 0.3 is 5.69 Å². The zero-order valence-electron chi connectivity index (χ0n) is 16.2. The molecule has 2 aromatic carbocycles. The molecule has 0 aliphatic carbocycles. The number of anilines is 2. The molecule has 28 heavy (non-hydrogen) atoms. The normalized spacial score (nSPS) is 10.6. The van der Waals surface area contributed by atoms with Crippen molar-refractivity contribution in [2.75, 3.05) is 5.32 Å². The minimum atomic E-state index is -0.598. The maximum atomic E-state index is 11.4. The second kappa shape index (κ2) is 8.81. The SMILES string of the molecule is CC.CC(C)(C#N)c1ccc(Nc2c([N+](=O)[O-])cnc3ccc(Br)cc23)cc1. The lowest BCUT2D eigenvalue weighted by Crippen LogP contribution is -2.13. The van der Waals surface area contributed by atoms with E-state index in [0.29, 0.717) is 22.3 Å². The van der Waals surface area contributed by atoms with Crippen LogP contribution in [0.3, 0.4) is 0 Å². The van der Waals surface area contributed by atoms with Crippen LogP contribution in [-0.4, -0.2) is 9.91 Å². The summed E-state index contributed by atoms with van der Waals surface area (Å²) >= 11 is 3.40. The molecule has 3 rings (SSSR count). The molecule has 0 bridgehead atoms. The molecule has 0 aliphatic heterocycles. The number of nitriles is 1. The van der Waals surface area contributed by atoms with E-state index in [9.17, 15) is 15.4 Å². The molecule has 144 valence electrons. The van der Waals surface area contributed by atoms with Gasteiger partial charge in [0.15, 0.2) is 0 Å². The second-order valence-electron chi connectivity index (χ2n) is 6.38. The lowest BCUT2D eigenvalue weighted by Gasteiger charge is -2.16. The minimum absolute atomic E-state index is 0.1000. The molecule has 0 saturated carbocycles. The van der Waals surface area contributed by atoms with Crippen LogP contribution in [0.2, 0.25) is 0 Å². The van der Waals surface area contributed by atoms with Crippen molar-refractivity contribution in [3.63, 3.8) is 0 Å². The molecular weight excluding hydrogens is 420 g/mol. The molecule has 0 amide bonds. The second-order valence-corrected chi connectivity index (χ2v) is 7.29. The van der Waals surface area contributed by atoms with E-state index in [0.717, 1.165) is 10.0 Å². The van der Waals surface area contributed by atoms with Gasteiger partial charge in [0.1, 0.15) is 11.9 Å². The Morgan fingerprint density at radius 2 is 1.82 bits per heavy atom. The van der Waals surface area contributed by atoms with E-state index >= 15 is 0 Å². The minimum Gasteiger partial charge on any atom is -0.349 e. The van der Waals surface area contributed by atoms with Gasteiger partial charge in [-0.25, -0.2) is 4.98 Å². The van der Waals surface area contributed by atoms with Gasteiger partial charge in [0.25, 0.3) is 0 Å². The van der Waals surface area contributed by atoms with Crippen LogP contribution in [0.1, 0.15) is 33.3 Å². The van der Waals surface area contributed by atoms with Crippen molar-refractivity contribution in [2.24, 2.45) is 0 Å². The maximum absolute atomic E-state index is 11.4. The zero-order valence-corrected chi connectivity index (χ0v) is 17.7. The fraction of sp³-hybridized carbons (Fsp3) is 0.238. The summed E-state index contributed by atoms with van der Waals surface area (Å²) in [5.74, 6) is 0. The Morgan fingerprint density at radius 1 is 1.18 bits per heavy atom. The molecule has 0 fully saturated rings. The predicted octanol–water partition coefficient (Wildman–Crippen LogP) is 6.48. The number of hydrogen-bond acceptors (Lipinski definition) is 5. The fourth-order valence-electron chi connectivity index (χ4n) is 2.60. The van der Waals surface area contributed by atoms with Gasteiger partial charge in [-0.1, -0.05) is 41.9 Å². The average Bonchev–Trinajstić information content (AvgIpc) is 2.70. The van der Waals surface area contributed by atoms with Gasteiger partial charge in [0, 0.05) is 15.5 Å². The Hall–Kier alpha value is -2.98. The summed E-state index contributed by atoms with van der Waals surface area (Å²) in [4.78, 5) is 15.2. The third-order valence-corrected chi connectivity index (χ3v) is 4.66. The summed E-state index contributed by atoms with van der Waals surface area (Å²) in [7, 11) is 0. The van der Waals surface area contributed by atoms with E-state index in [1.807, 2.05) is 58.0 Å². The van der Waals surface area contributed by atoms with Gasteiger partial charge in [0.05, 0.1) is 21.9 Å². The van der Waals surface area contributed by atoms with Gasteiger partial charge < -0.3 is 5.32 Å². The quantitative estimate of drug-likeness (QED) is 0.370. The Kier molecular flexibility index (Phi) is 6.71. The molecule has 0 spiro atoms. The molecule has 6 nitrogen and oxygen atoms in total. The molecule has 1 aromatic heterocycles. The standard InChI is InChI=1S/C19H15BrN4O2.C2H6/c1-19(2,11-21)12-3-6-14(7-4-12)23-18-15-9-13(20)5-8-16(15)22-10-17(18)24(25)26;1-2/h3-10H,1-2H3,(H,22,23);1-2H3. The van der Waals surface area contributed by atoms with Crippen LogP contribution >= 0.6 is 15.9 Å². The number of rotatable bonds is 4. The first-order valence-electron chi connectivity index (χ1n) is 8.83. The molecule has 1 heterocycles. The predicted molar refractivity (Wildman–Crippen MR) is 116 cm³/mol. The number of nitrogens with one attached hydrogen (secondary N) is 1. The lowest BCUT2D eigenvalue weighted by molar-refractivity contribution is -0.384. The number of pyridine rings is 1. The Bertz CT molecular complexity index is 1040. The van der Waals surface area contributed by atoms with E-state index in [-0.39, 0.29) is 5.69 Å². The Balaban J connectivity index is 0.00000136. The molecule has 0 radical (unpaired) electrons. The first-order chi connectivity index (χ1) is 13.3. The summed E-state index contributed by atoms with van der Waals surface area (Å²) in [6.45, 7) is 7.68. The number of nitrogens with zero attached hydrogens (tertiary/aromatic N) is 3. The highest BCUT2D eigenvalue weighted by molar-refractivity contribution is 9.10. The highest BCUT2D eigenvalue weighted by Crippen LogP contribution is 2.35. The van der Waals surface area contributed by atoms with Crippen molar-refractivity contribution in [3.8, 4) is 6.07 Å². The van der Waals surface area contributed by atoms with Crippen molar-refractivity contribution in [1.82, 2.24) is 4.98 Å². The lowest BCUT2D eigenvalue weighted by atomic mass is 9.86. The molecule has 1 N–H and O–H groups in total. The summed E-state index contributed by atoms with van der Waals surface area (Å²) in [6, 6.07) is 15.0. The van der Waals surface area contributed by atoms with Gasteiger partial charge in [-0.15, -0.1) is 0 Å². The molecule has 0 aliphatic rings. The molecule has 0 unspecified atom stereocenters. The van der Waals surface area contributed by atoms with Crippen molar-refractivity contribution >= 4 is 43.9 Å². The maximum Gasteiger partial charge on any atom is 0.311 e. The van der Waals surface area contributed by atoms with E-state index in [1.54, 1.807) is 12.1 Å². The summed E-state index contributed by atoms with van der Waals surface area (Å²) < 4.78 is 0.807. The number of benzene rings is 2. The Morgan fingerprint density at radius 3 is 2.39 bits per heavy atom. The third-order valence-electron chi connectivity index (χ3n) is 4.16. The van der Waals surface area contributed by atoms with Crippen molar-refractivity contribution < 1.29 is 4.92 Å². The monoisotopic (exact) mass is 440 g/mol. The third kappa shape index (κ3) is 4.46. The van der Waals surface area contributed by atoms with E-state index in [4.69, 9.17) is 0 Å². The van der Waals surface area contributed by atoms with Crippen LogP contribution in [0.15, 0.2) is 53.1 Å². The van der Waals surface area contributed by atoms with E-state index < -0.39 is 10.3 Å². The van der Waals surface area contributed by atoms with E-state index in [2.05, 4.69) is 32.3 Å². The highest BCUT2D eigenvalue weighted by atomic mass is 79.9. The summed E-state index contributed by atoms with van der Waals surface area (Å²) in [5, 5.41) is 24.5. The first-order valence-corrected chi connectivity index (χ1v) is 9.62. The van der Waals surface area contributed by atoms with Crippen molar-refractivity contribution in [2.45, 2.75) is 33.1 Å². The summed E-state index contributed by atoms with van der Waals surface area (Å²) in [6.07, 6.45) is 1.26. The highest BCUT2D eigenvalue weighted by Gasteiger charge is 2.21. The van der Waals surface area contributed by atoms with Crippen LogP contribution in [-0.2, 0) is 5.41 Å². The number of halogens is 1. The molecular formula is C21H21BrN4O2. The van der Waals surface area contributed by atoms with Crippen LogP contribution in [0.4, 0.5) is 17.1 Å². The van der Waals surface area contributed by atoms with Crippen LogP contribution < -0.4 is 5.32 Å². The van der Waals surface area contributed by atoms with Crippen molar-refractivity contribution in [3.05, 3.63) is 68.8 Å². The van der Waals surface area contributed by atoms with Gasteiger partial charge in [-0.3, -0.25) is 10.1 Å². The topological polar surface area (TPSA) is 91.8 Å². The first kappa shape index (κ1) is 21.3. The number of hydrogen-bond donors (Lipinski definition) is 1. The average molecular weight is 441 g/mol. The van der Waals surface area contributed by atoms with Gasteiger partial charge in [0.2, 0.25) is 0 Å². The van der Waals surface area contributed by atoms with Gasteiger partial charge in [-0.05, 0) is 49.7 Å². The molecule has 0 atom stereocenters. The van der Waals surface area contributed by atoms with Gasteiger partial charge in [-0.2, -0.15) is 5.26 Å². The summed E-state index contributed by atoms with van der Waals surface area (Å²) in [5.41, 5.74) is 1.91. The molecule has 3 aromatic rings. The largest absolute Gasteiger partial charge is 0.349 e. The van der Waals surface area contributed by atoms with Crippen LogP contribution in [0, 0.1) is 21.4 Å². The Labute approximate surface area is 172 Å². The number of fused-ring (bicyclic) bond motifs is 1.